The van der Waals surface area contributed by atoms with E-state index >= 15 is 0 Å². The molecule has 1 N–H and O–H groups in total. The molecule has 2 aromatic rings. The van der Waals surface area contributed by atoms with Crippen molar-refractivity contribution in [3.8, 4) is 0 Å². The van der Waals surface area contributed by atoms with E-state index in [4.69, 9.17) is 0 Å². The van der Waals surface area contributed by atoms with E-state index in [0.717, 1.165) is 18.9 Å². The molecule has 26 heavy (non-hydrogen) atoms. The van der Waals surface area contributed by atoms with Gasteiger partial charge in [-0.15, -0.1) is 0 Å². The number of carbonyl (C=O) groups excluding carboxylic acids is 1. The number of benzene rings is 2. The van der Waals surface area contributed by atoms with E-state index in [9.17, 15) is 13.2 Å². The molecule has 0 aliphatic rings. The zero-order chi connectivity index (χ0) is 19.4. The predicted molar refractivity (Wildman–Crippen MR) is 102 cm³/mol. The van der Waals surface area contributed by atoms with Crippen LogP contribution in [-0.2, 0) is 24.8 Å². The Morgan fingerprint density at radius 2 is 1.58 bits per heavy atom. The summed E-state index contributed by atoms with van der Waals surface area (Å²) in [6.45, 7) is 6.13. The SMILES string of the molecule is COC(=O)/C(=C\Nc1ccccc1)S(=O)(=O)c1ccc(C(C)(C)C)cc1. The first-order valence-electron chi connectivity index (χ1n) is 8.12. The first-order valence-corrected chi connectivity index (χ1v) is 9.60. The average molecular weight is 373 g/mol. The number of ether oxygens (including phenoxy) is 1. The van der Waals surface area contributed by atoms with Gasteiger partial charge in [0.2, 0.25) is 9.84 Å². The molecule has 0 spiro atoms. The maximum Gasteiger partial charge on any atom is 0.351 e. The van der Waals surface area contributed by atoms with Crippen molar-refractivity contribution in [3.05, 3.63) is 71.3 Å². The number of nitrogens with one attached hydrogen (secondary N) is 1. The Labute approximate surface area is 154 Å². The molecule has 138 valence electrons. The molecule has 0 bridgehead atoms. The highest BCUT2D eigenvalue weighted by Gasteiger charge is 2.28. The molecular weight excluding hydrogens is 350 g/mol. The van der Waals surface area contributed by atoms with E-state index in [2.05, 4.69) is 10.1 Å². The number of rotatable bonds is 5. The van der Waals surface area contributed by atoms with Crippen molar-refractivity contribution in [1.82, 2.24) is 0 Å². The van der Waals surface area contributed by atoms with Crippen molar-refractivity contribution in [2.45, 2.75) is 31.1 Å². The highest BCUT2D eigenvalue weighted by Crippen LogP contribution is 2.26. The van der Waals surface area contributed by atoms with Gasteiger partial charge >= 0.3 is 5.97 Å². The first-order chi connectivity index (χ1) is 12.2. The summed E-state index contributed by atoms with van der Waals surface area (Å²) >= 11 is 0. The van der Waals surface area contributed by atoms with Crippen LogP contribution in [0.5, 0.6) is 0 Å². The minimum atomic E-state index is -4.02. The van der Waals surface area contributed by atoms with Gasteiger partial charge in [-0.1, -0.05) is 51.1 Å². The van der Waals surface area contributed by atoms with Crippen LogP contribution in [0.15, 0.2) is 70.6 Å². The zero-order valence-electron chi connectivity index (χ0n) is 15.3. The molecule has 0 heterocycles. The summed E-state index contributed by atoms with van der Waals surface area (Å²) in [5.74, 6) is -0.923. The Morgan fingerprint density at radius 3 is 2.08 bits per heavy atom. The standard InChI is InChI=1S/C20H23NO4S/c1-20(2,3)15-10-12-17(13-11-15)26(23,24)18(19(22)25-4)14-21-16-8-6-5-7-9-16/h5-14,21H,1-4H3/b18-14+. The molecule has 0 aliphatic carbocycles. The van der Waals surface area contributed by atoms with E-state index in [1.165, 1.54) is 12.1 Å². The Bertz CT molecular complexity index is 893. The van der Waals surface area contributed by atoms with Crippen LogP contribution < -0.4 is 5.32 Å². The van der Waals surface area contributed by atoms with Gasteiger partial charge in [0.15, 0.2) is 4.91 Å². The highest BCUT2D eigenvalue weighted by atomic mass is 32.2. The van der Waals surface area contributed by atoms with Gasteiger partial charge in [0.05, 0.1) is 12.0 Å². The van der Waals surface area contributed by atoms with Gasteiger partial charge in [-0.3, -0.25) is 0 Å². The Balaban J connectivity index is 2.41. The molecule has 0 amide bonds. The van der Waals surface area contributed by atoms with E-state index in [1.54, 1.807) is 36.4 Å². The second-order valence-corrected chi connectivity index (χ2v) is 8.71. The molecule has 0 fully saturated rings. The summed E-state index contributed by atoms with van der Waals surface area (Å²) in [5, 5.41) is 2.83. The Hall–Kier alpha value is -2.60. The van der Waals surface area contributed by atoms with Gasteiger partial charge in [0.1, 0.15) is 0 Å². The van der Waals surface area contributed by atoms with Crippen molar-refractivity contribution in [2.75, 3.05) is 12.4 Å². The third-order valence-electron chi connectivity index (χ3n) is 3.85. The van der Waals surface area contributed by atoms with Gasteiger partial charge in [0, 0.05) is 11.9 Å². The molecule has 6 heteroatoms. The van der Waals surface area contributed by atoms with Gasteiger partial charge < -0.3 is 10.1 Å². The number of para-hydroxylation sites is 1. The van der Waals surface area contributed by atoms with Crippen LogP contribution in [0.25, 0.3) is 0 Å². The third-order valence-corrected chi connectivity index (χ3v) is 5.61. The zero-order valence-corrected chi connectivity index (χ0v) is 16.1. The second kappa shape index (κ2) is 7.74. The number of carbonyl (C=O) groups is 1. The van der Waals surface area contributed by atoms with Gasteiger partial charge in [-0.25, -0.2) is 13.2 Å². The second-order valence-electron chi connectivity index (χ2n) is 6.79. The van der Waals surface area contributed by atoms with E-state index < -0.39 is 20.7 Å². The molecular formula is C20H23NO4S. The monoisotopic (exact) mass is 373 g/mol. The molecule has 2 rings (SSSR count). The van der Waals surface area contributed by atoms with Gasteiger partial charge in [0.25, 0.3) is 0 Å². The molecule has 0 aliphatic heterocycles. The highest BCUT2D eigenvalue weighted by molar-refractivity contribution is 7.96. The summed E-state index contributed by atoms with van der Waals surface area (Å²) in [6, 6.07) is 15.5. The summed E-state index contributed by atoms with van der Waals surface area (Å²) in [7, 11) is -2.87. The van der Waals surface area contributed by atoms with Crippen LogP contribution in [0.4, 0.5) is 5.69 Å². The van der Waals surface area contributed by atoms with E-state index in [1.807, 2.05) is 26.8 Å². The third kappa shape index (κ3) is 4.52. The summed E-state index contributed by atoms with van der Waals surface area (Å²) in [5.41, 5.74) is 1.56. The van der Waals surface area contributed by atoms with Crippen molar-refractivity contribution in [1.29, 1.82) is 0 Å². The maximum atomic E-state index is 12.9. The summed E-state index contributed by atoms with van der Waals surface area (Å²) < 4.78 is 30.5. The Morgan fingerprint density at radius 1 is 1.00 bits per heavy atom. The van der Waals surface area contributed by atoms with Crippen LogP contribution in [0.3, 0.4) is 0 Å². The molecule has 0 atom stereocenters. The van der Waals surface area contributed by atoms with Crippen molar-refractivity contribution >= 4 is 21.5 Å². The smallest absolute Gasteiger partial charge is 0.351 e. The number of anilines is 1. The fourth-order valence-electron chi connectivity index (χ4n) is 2.29. The first kappa shape index (κ1) is 19.7. The number of esters is 1. The lowest BCUT2D eigenvalue weighted by Crippen LogP contribution is -2.17. The van der Waals surface area contributed by atoms with Crippen molar-refractivity contribution in [3.63, 3.8) is 0 Å². The molecule has 0 saturated carbocycles. The molecule has 0 radical (unpaired) electrons. The number of hydrogen-bond donors (Lipinski definition) is 1. The normalized spacial score (nSPS) is 12.5. The lowest BCUT2D eigenvalue weighted by molar-refractivity contribution is -0.135. The summed E-state index contributed by atoms with van der Waals surface area (Å²) in [4.78, 5) is 11.7. The van der Waals surface area contributed by atoms with Gasteiger partial charge in [-0.2, -0.15) is 0 Å². The minimum absolute atomic E-state index is 0.0389. The molecule has 0 unspecified atom stereocenters. The van der Waals surface area contributed by atoms with E-state index in [0.29, 0.717) is 5.69 Å². The van der Waals surface area contributed by atoms with Crippen LogP contribution >= 0.6 is 0 Å². The maximum absolute atomic E-state index is 12.9. The molecule has 0 aromatic heterocycles. The van der Waals surface area contributed by atoms with Crippen LogP contribution in [0.1, 0.15) is 26.3 Å². The quantitative estimate of drug-likeness (QED) is 0.636. The number of sulfone groups is 1. The fraction of sp³-hybridized carbons (Fsp3) is 0.250. The van der Waals surface area contributed by atoms with Crippen LogP contribution in [0.2, 0.25) is 0 Å². The van der Waals surface area contributed by atoms with Gasteiger partial charge in [-0.05, 0) is 35.2 Å². The minimum Gasteiger partial charge on any atom is -0.465 e. The number of hydrogen-bond acceptors (Lipinski definition) is 5. The van der Waals surface area contributed by atoms with Crippen LogP contribution in [-0.4, -0.2) is 21.5 Å². The average Bonchev–Trinajstić information content (AvgIpc) is 2.61. The lowest BCUT2D eigenvalue weighted by Gasteiger charge is -2.19. The van der Waals surface area contributed by atoms with E-state index in [-0.39, 0.29) is 10.3 Å². The molecule has 0 saturated heterocycles. The molecule has 5 nitrogen and oxygen atoms in total. The van der Waals surface area contributed by atoms with Crippen molar-refractivity contribution < 1.29 is 17.9 Å². The van der Waals surface area contributed by atoms with Crippen molar-refractivity contribution in [2.24, 2.45) is 0 Å². The predicted octanol–water partition coefficient (Wildman–Crippen LogP) is 3.88. The number of methoxy groups -OCH3 is 1. The summed E-state index contributed by atoms with van der Waals surface area (Å²) in [6.07, 6.45) is 1.16. The Kier molecular flexibility index (Phi) is 5.87. The fourth-order valence-corrected chi connectivity index (χ4v) is 3.56. The largest absolute Gasteiger partial charge is 0.465 e. The molecule has 2 aromatic carbocycles. The van der Waals surface area contributed by atoms with Crippen LogP contribution in [0, 0.1) is 0 Å². The topological polar surface area (TPSA) is 72.5 Å². The lowest BCUT2D eigenvalue weighted by atomic mass is 9.87.